The zero-order chi connectivity index (χ0) is 18.8. The van der Waals surface area contributed by atoms with Crippen molar-refractivity contribution < 1.29 is 19.1 Å². The Morgan fingerprint density at radius 1 is 1.41 bits per heavy atom. The smallest absolute Gasteiger partial charge is 0.310 e. The standard InChI is InChI=1S/C20H22N2O4S/c1-2-25-20(24)15-4-3-8-22(11-15)19(23)16-12-27-18(21-16)14-5-6-17-13(10-14)7-9-26-17/h5-6,10,12,15H,2-4,7-9,11H2,1H3/t15-/m0/s1. The number of aromatic nitrogens is 1. The average Bonchev–Trinajstić information content (AvgIpc) is 3.36. The van der Waals surface area contributed by atoms with Crippen molar-refractivity contribution in [2.24, 2.45) is 5.92 Å². The normalized spacial score (nSPS) is 18.7. The number of fused-ring (bicyclic) bond motifs is 1. The number of piperidine rings is 1. The van der Waals surface area contributed by atoms with E-state index in [1.54, 1.807) is 17.2 Å². The van der Waals surface area contributed by atoms with E-state index in [4.69, 9.17) is 9.47 Å². The lowest BCUT2D eigenvalue weighted by Gasteiger charge is -2.31. The second-order valence-electron chi connectivity index (χ2n) is 6.80. The number of thiazole rings is 1. The molecule has 1 aromatic carbocycles. The van der Waals surface area contributed by atoms with Crippen LogP contribution in [0.15, 0.2) is 23.6 Å². The molecule has 6 nitrogen and oxygen atoms in total. The number of rotatable bonds is 4. The van der Waals surface area contributed by atoms with Crippen molar-refractivity contribution in [2.75, 3.05) is 26.3 Å². The van der Waals surface area contributed by atoms with Crippen LogP contribution in [0.4, 0.5) is 0 Å². The van der Waals surface area contributed by atoms with Gasteiger partial charge in [0.1, 0.15) is 16.5 Å². The zero-order valence-corrected chi connectivity index (χ0v) is 16.1. The summed E-state index contributed by atoms with van der Waals surface area (Å²) >= 11 is 1.46. The van der Waals surface area contributed by atoms with E-state index in [9.17, 15) is 9.59 Å². The molecule has 0 N–H and O–H groups in total. The maximum Gasteiger partial charge on any atom is 0.310 e. The Morgan fingerprint density at radius 3 is 3.15 bits per heavy atom. The van der Waals surface area contributed by atoms with E-state index in [1.165, 1.54) is 16.9 Å². The molecule has 1 fully saturated rings. The lowest BCUT2D eigenvalue weighted by atomic mass is 9.98. The molecule has 0 aliphatic carbocycles. The average molecular weight is 386 g/mol. The topological polar surface area (TPSA) is 68.7 Å². The van der Waals surface area contributed by atoms with E-state index >= 15 is 0 Å². The number of hydrogen-bond acceptors (Lipinski definition) is 6. The summed E-state index contributed by atoms with van der Waals surface area (Å²) in [5, 5.41) is 2.63. The highest BCUT2D eigenvalue weighted by atomic mass is 32.1. The van der Waals surface area contributed by atoms with Crippen LogP contribution in [-0.4, -0.2) is 48.1 Å². The fourth-order valence-electron chi connectivity index (χ4n) is 3.60. The number of carbonyl (C=O) groups is 2. The minimum Gasteiger partial charge on any atom is -0.493 e. The van der Waals surface area contributed by atoms with Gasteiger partial charge in [-0.3, -0.25) is 9.59 Å². The van der Waals surface area contributed by atoms with Gasteiger partial charge in [-0.15, -0.1) is 11.3 Å². The Morgan fingerprint density at radius 2 is 2.30 bits per heavy atom. The Hall–Kier alpha value is -2.41. The van der Waals surface area contributed by atoms with Gasteiger partial charge in [-0.1, -0.05) is 0 Å². The Balaban J connectivity index is 1.48. The molecule has 0 radical (unpaired) electrons. The number of likely N-dealkylation sites (tertiary alicyclic amines) is 1. The van der Waals surface area contributed by atoms with Gasteiger partial charge in [-0.25, -0.2) is 4.98 Å². The summed E-state index contributed by atoms with van der Waals surface area (Å²) in [4.78, 5) is 31.1. The number of carbonyl (C=O) groups excluding carboxylic acids is 2. The molecule has 0 bridgehead atoms. The molecule has 1 amide bonds. The third-order valence-corrected chi connectivity index (χ3v) is 5.88. The van der Waals surface area contributed by atoms with Crippen LogP contribution in [0.25, 0.3) is 10.6 Å². The van der Waals surface area contributed by atoms with Crippen LogP contribution < -0.4 is 4.74 Å². The van der Waals surface area contributed by atoms with Gasteiger partial charge in [-0.2, -0.15) is 0 Å². The zero-order valence-electron chi connectivity index (χ0n) is 15.3. The third kappa shape index (κ3) is 3.69. The van der Waals surface area contributed by atoms with Crippen molar-refractivity contribution in [2.45, 2.75) is 26.2 Å². The number of nitrogens with zero attached hydrogens (tertiary/aromatic N) is 2. The molecular weight excluding hydrogens is 364 g/mol. The van der Waals surface area contributed by atoms with Crippen LogP contribution in [0, 0.1) is 5.92 Å². The number of benzene rings is 1. The van der Waals surface area contributed by atoms with Gasteiger partial charge in [0, 0.05) is 30.5 Å². The van der Waals surface area contributed by atoms with E-state index in [0.29, 0.717) is 25.4 Å². The first-order chi connectivity index (χ1) is 13.2. The van der Waals surface area contributed by atoms with Crippen LogP contribution in [-0.2, 0) is 16.0 Å². The van der Waals surface area contributed by atoms with Gasteiger partial charge in [0.05, 0.1) is 19.1 Å². The maximum absolute atomic E-state index is 12.9. The second-order valence-corrected chi connectivity index (χ2v) is 7.66. The van der Waals surface area contributed by atoms with Gasteiger partial charge < -0.3 is 14.4 Å². The lowest BCUT2D eigenvalue weighted by Crippen LogP contribution is -2.42. The minimum absolute atomic E-state index is 0.115. The molecule has 1 saturated heterocycles. The van der Waals surface area contributed by atoms with E-state index in [1.807, 2.05) is 12.1 Å². The maximum atomic E-state index is 12.9. The highest BCUT2D eigenvalue weighted by molar-refractivity contribution is 7.13. The quantitative estimate of drug-likeness (QED) is 0.755. The molecule has 1 atom stereocenters. The summed E-state index contributed by atoms with van der Waals surface area (Å²) in [6.45, 7) is 3.94. The van der Waals surface area contributed by atoms with Gasteiger partial charge in [-0.05, 0) is 43.5 Å². The largest absolute Gasteiger partial charge is 0.493 e. The minimum atomic E-state index is -0.238. The second kappa shape index (κ2) is 7.68. The molecular formula is C20H22N2O4S. The van der Waals surface area contributed by atoms with Gasteiger partial charge in [0.25, 0.3) is 5.91 Å². The van der Waals surface area contributed by atoms with E-state index in [2.05, 4.69) is 11.1 Å². The van der Waals surface area contributed by atoms with Gasteiger partial charge >= 0.3 is 5.97 Å². The first-order valence-corrected chi connectivity index (χ1v) is 10.2. The molecule has 4 rings (SSSR count). The monoisotopic (exact) mass is 386 g/mol. The molecule has 2 aliphatic heterocycles. The van der Waals surface area contributed by atoms with Crippen molar-refractivity contribution in [3.8, 4) is 16.3 Å². The highest BCUT2D eigenvalue weighted by Crippen LogP contribution is 2.32. The van der Waals surface area contributed by atoms with Crippen LogP contribution in [0.5, 0.6) is 5.75 Å². The van der Waals surface area contributed by atoms with Crippen LogP contribution in [0.1, 0.15) is 35.8 Å². The molecule has 27 heavy (non-hydrogen) atoms. The summed E-state index contributed by atoms with van der Waals surface area (Å²) in [5.41, 5.74) is 2.63. The lowest BCUT2D eigenvalue weighted by molar-refractivity contribution is -0.149. The van der Waals surface area contributed by atoms with Gasteiger partial charge in [0.2, 0.25) is 0 Å². The first kappa shape index (κ1) is 18.0. The molecule has 0 unspecified atom stereocenters. The molecule has 142 valence electrons. The summed E-state index contributed by atoms with van der Waals surface area (Å²) in [6.07, 6.45) is 2.47. The van der Waals surface area contributed by atoms with Crippen molar-refractivity contribution in [1.29, 1.82) is 0 Å². The van der Waals surface area contributed by atoms with Crippen molar-refractivity contribution in [3.63, 3.8) is 0 Å². The summed E-state index contributed by atoms with van der Waals surface area (Å²) in [5.74, 6) is 0.368. The number of hydrogen-bond donors (Lipinski definition) is 0. The Kier molecular flexibility index (Phi) is 5.11. The fourth-order valence-corrected chi connectivity index (χ4v) is 4.39. The number of amides is 1. The first-order valence-electron chi connectivity index (χ1n) is 9.33. The van der Waals surface area contributed by atoms with E-state index < -0.39 is 0 Å². The highest BCUT2D eigenvalue weighted by Gasteiger charge is 2.30. The summed E-state index contributed by atoms with van der Waals surface area (Å²) in [7, 11) is 0. The van der Waals surface area contributed by atoms with Crippen LogP contribution in [0.2, 0.25) is 0 Å². The molecule has 2 aliphatic rings. The fraction of sp³-hybridized carbons (Fsp3) is 0.450. The van der Waals surface area contributed by atoms with Crippen LogP contribution in [0.3, 0.4) is 0 Å². The predicted molar refractivity (Wildman–Crippen MR) is 102 cm³/mol. The van der Waals surface area contributed by atoms with E-state index in [-0.39, 0.29) is 17.8 Å². The van der Waals surface area contributed by atoms with Crippen molar-refractivity contribution in [1.82, 2.24) is 9.88 Å². The molecule has 7 heteroatoms. The number of ether oxygens (including phenoxy) is 2. The van der Waals surface area contributed by atoms with Crippen molar-refractivity contribution in [3.05, 3.63) is 34.8 Å². The van der Waals surface area contributed by atoms with Crippen molar-refractivity contribution >= 4 is 23.2 Å². The van der Waals surface area contributed by atoms with Crippen LogP contribution >= 0.6 is 11.3 Å². The third-order valence-electron chi connectivity index (χ3n) is 4.99. The Labute approximate surface area is 162 Å². The molecule has 0 saturated carbocycles. The SMILES string of the molecule is CCOC(=O)[C@H]1CCCN(C(=O)c2csc(-c3ccc4c(c3)CCO4)n2)C1. The summed E-state index contributed by atoms with van der Waals surface area (Å²) < 4.78 is 10.7. The van der Waals surface area contributed by atoms with E-state index in [0.717, 1.165) is 42.2 Å². The Bertz CT molecular complexity index is 863. The predicted octanol–water partition coefficient (Wildman–Crippen LogP) is 3.16. The van der Waals surface area contributed by atoms with Gasteiger partial charge in [0.15, 0.2) is 0 Å². The molecule has 0 spiro atoms. The molecule has 2 aromatic rings. The molecule has 3 heterocycles. The molecule has 1 aromatic heterocycles. The number of esters is 1. The summed E-state index contributed by atoms with van der Waals surface area (Å²) in [6, 6.07) is 6.04.